The molecule has 1 N–H and O–H groups in total. The minimum Gasteiger partial charge on any atom is -0.360 e. The molecule has 0 rings (SSSR count). The molecule has 8 heteroatoms. The van der Waals surface area contributed by atoms with E-state index < -0.39 is 25.1 Å². The molecule has 18 heavy (non-hydrogen) atoms. The Balaban J connectivity index is 4.15. The van der Waals surface area contributed by atoms with Gasteiger partial charge in [0.1, 0.15) is 0 Å². The van der Waals surface area contributed by atoms with E-state index in [1.165, 1.54) is 0 Å². The fourth-order valence-corrected chi connectivity index (χ4v) is 1.39. The van der Waals surface area contributed by atoms with Gasteiger partial charge in [0.15, 0.2) is 0 Å². The molecule has 0 heterocycles. The predicted molar refractivity (Wildman–Crippen MR) is 54.2 cm³/mol. The summed E-state index contributed by atoms with van der Waals surface area (Å²) in [5.74, 6) is 0. The third-order valence-electron chi connectivity index (χ3n) is 2.40. The summed E-state index contributed by atoms with van der Waals surface area (Å²) in [7, 11) is 0. The number of ether oxygens (including phenoxy) is 1. The molecule has 0 aliphatic rings. The fourth-order valence-electron chi connectivity index (χ4n) is 1.39. The molecule has 0 fully saturated rings. The molecule has 0 radical (unpaired) electrons. The molecule has 0 aromatic heterocycles. The number of alkyl halides is 6. The predicted octanol–water partition coefficient (Wildman–Crippen LogP) is 3.27. The van der Waals surface area contributed by atoms with Crippen LogP contribution in [0.1, 0.15) is 26.7 Å². The largest absolute Gasteiger partial charge is 0.423 e. The Bertz CT molecular complexity index is 209. The van der Waals surface area contributed by atoms with Crippen molar-refractivity contribution < 1.29 is 31.1 Å². The van der Waals surface area contributed by atoms with E-state index in [1.54, 1.807) is 0 Å². The second-order valence-corrected chi connectivity index (χ2v) is 3.80. The summed E-state index contributed by atoms with van der Waals surface area (Å²) in [6.45, 7) is 3.06. The van der Waals surface area contributed by atoms with Crippen molar-refractivity contribution in [3.8, 4) is 0 Å². The summed E-state index contributed by atoms with van der Waals surface area (Å²) in [5.41, 5.74) is 0. The topological polar surface area (TPSA) is 21.3 Å². The monoisotopic (exact) mass is 281 g/mol. The average Bonchev–Trinajstić information content (AvgIpc) is 2.19. The van der Waals surface area contributed by atoms with Crippen LogP contribution in [0, 0.1) is 0 Å². The van der Waals surface area contributed by atoms with Crippen LogP contribution < -0.4 is 5.32 Å². The zero-order valence-corrected chi connectivity index (χ0v) is 10.2. The van der Waals surface area contributed by atoms with Crippen LogP contribution >= 0.6 is 0 Å². The van der Waals surface area contributed by atoms with Crippen molar-refractivity contribution in [3.05, 3.63) is 0 Å². The molecule has 0 amide bonds. The maximum absolute atomic E-state index is 12.1. The summed E-state index contributed by atoms with van der Waals surface area (Å²) >= 11 is 0. The van der Waals surface area contributed by atoms with Crippen LogP contribution in [0.4, 0.5) is 26.3 Å². The van der Waals surface area contributed by atoms with Crippen LogP contribution in [0.15, 0.2) is 0 Å². The van der Waals surface area contributed by atoms with Crippen molar-refractivity contribution in [3.63, 3.8) is 0 Å². The van der Waals surface area contributed by atoms with Crippen LogP contribution in [-0.4, -0.2) is 37.7 Å². The molecule has 0 bridgehead atoms. The van der Waals surface area contributed by atoms with Crippen molar-refractivity contribution in [1.29, 1.82) is 0 Å². The molecule has 2 nitrogen and oxygen atoms in total. The highest BCUT2D eigenvalue weighted by Gasteiger charge is 2.57. The van der Waals surface area contributed by atoms with Gasteiger partial charge in [0, 0.05) is 12.6 Å². The van der Waals surface area contributed by atoms with Crippen LogP contribution in [0.2, 0.25) is 0 Å². The molecule has 0 unspecified atom stereocenters. The zero-order valence-electron chi connectivity index (χ0n) is 10.2. The first kappa shape index (κ1) is 17.5. The van der Waals surface area contributed by atoms with Gasteiger partial charge in [-0.2, -0.15) is 26.3 Å². The molecule has 0 aromatic carbocycles. The molecule has 0 aliphatic heterocycles. The Labute approximate surface area is 102 Å². The molecule has 0 atom stereocenters. The van der Waals surface area contributed by atoms with E-state index in [9.17, 15) is 26.3 Å². The van der Waals surface area contributed by atoms with Crippen LogP contribution in [0.5, 0.6) is 0 Å². The fraction of sp³-hybridized carbons (Fsp3) is 1.00. The summed E-state index contributed by atoms with van der Waals surface area (Å²) in [6.07, 6.45) is -13.1. The van der Waals surface area contributed by atoms with E-state index in [1.807, 2.05) is 13.8 Å². The molecular weight excluding hydrogens is 264 g/mol. The van der Waals surface area contributed by atoms with Gasteiger partial charge in [-0.3, -0.25) is 0 Å². The zero-order chi connectivity index (χ0) is 14.4. The van der Waals surface area contributed by atoms with Crippen molar-refractivity contribution >= 4 is 0 Å². The lowest BCUT2D eigenvalue weighted by Crippen LogP contribution is -2.45. The Morgan fingerprint density at radius 1 is 0.944 bits per heavy atom. The molecule has 0 aromatic rings. The number of halogens is 6. The van der Waals surface area contributed by atoms with Crippen LogP contribution in [-0.2, 0) is 4.74 Å². The quantitative estimate of drug-likeness (QED) is 0.571. The maximum atomic E-state index is 12.1. The first-order valence-electron chi connectivity index (χ1n) is 5.61. The summed E-state index contributed by atoms with van der Waals surface area (Å²) in [6, 6.07) is 0.0730. The molecular formula is C10H17F6NO. The summed E-state index contributed by atoms with van der Waals surface area (Å²) < 4.78 is 76.3. The first-order valence-corrected chi connectivity index (χ1v) is 5.61. The minimum atomic E-state index is -5.44. The highest BCUT2D eigenvalue weighted by Crippen LogP contribution is 2.35. The highest BCUT2D eigenvalue weighted by molar-refractivity contribution is 4.76. The maximum Gasteiger partial charge on any atom is 0.423 e. The van der Waals surface area contributed by atoms with Crippen LogP contribution in [0.3, 0.4) is 0 Å². The molecule has 0 spiro atoms. The molecule has 0 aliphatic carbocycles. The third-order valence-corrected chi connectivity index (χ3v) is 2.40. The van der Waals surface area contributed by atoms with E-state index in [0.717, 1.165) is 12.8 Å². The van der Waals surface area contributed by atoms with Gasteiger partial charge in [0.2, 0.25) is 6.10 Å². The number of hydrogen-bond acceptors (Lipinski definition) is 2. The Hall–Kier alpha value is -0.500. The Morgan fingerprint density at radius 2 is 1.39 bits per heavy atom. The summed E-state index contributed by atoms with van der Waals surface area (Å²) in [5, 5.41) is 2.82. The lowest BCUT2D eigenvalue weighted by molar-refractivity contribution is -0.321. The van der Waals surface area contributed by atoms with E-state index in [0.29, 0.717) is 0 Å². The Morgan fingerprint density at radius 3 is 1.72 bits per heavy atom. The standard InChI is InChI=1S/C10H17F6NO/c1-3-7(4-2)17-5-6-18-8(9(11,12)13)10(14,15)16/h7-8,17H,3-6H2,1-2H3. The SMILES string of the molecule is CCC(CC)NCCOC(C(F)(F)F)C(F)(F)F. The smallest absolute Gasteiger partial charge is 0.360 e. The van der Waals surface area contributed by atoms with Gasteiger partial charge in [-0.1, -0.05) is 13.8 Å². The van der Waals surface area contributed by atoms with E-state index in [2.05, 4.69) is 10.1 Å². The molecule has 0 saturated carbocycles. The average molecular weight is 281 g/mol. The Kier molecular flexibility index (Phi) is 6.98. The minimum absolute atomic E-state index is 0.0466. The second kappa shape index (κ2) is 7.18. The summed E-state index contributed by atoms with van der Waals surface area (Å²) in [4.78, 5) is 0. The van der Waals surface area contributed by atoms with Gasteiger partial charge in [0.25, 0.3) is 0 Å². The molecule has 0 saturated heterocycles. The first-order chi connectivity index (χ1) is 8.12. The van der Waals surface area contributed by atoms with Gasteiger partial charge < -0.3 is 10.1 Å². The van der Waals surface area contributed by atoms with Gasteiger partial charge in [0.05, 0.1) is 6.61 Å². The van der Waals surface area contributed by atoms with Crippen molar-refractivity contribution in [1.82, 2.24) is 5.32 Å². The van der Waals surface area contributed by atoms with Crippen molar-refractivity contribution in [2.45, 2.75) is 51.2 Å². The van der Waals surface area contributed by atoms with Crippen molar-refractivity contribution in [2.24, 2.45) is 0 Å². The lowest BCUT2D eigenvalue weighted by atomic mass is 10.2. The number of rotatable bonds is 7. The van der Waals surface area contributed by atoms with E-state index in [4.69, 9.17) is 0 Å². The second-order valence-electron chi connectivity index (χ2n) is 3.80. The van der Waals surface area contributed by atoms with Crippen LogP contribution in [0.25, 0.3) is 0 Å². The number of hydrogen-bond donors (Lipinski definition) is 1. The normalized spacial score (nSPS) is 13.7. The van der Waals surface area contributed by atoms with Crippen molar-refractivity contribution in [2.75, 3.05) is 13.2 Å². The van der Waals surface area contributed by atoms with Gasteiger partial charge in [-0.05, 0) is 12.8 Å². The van der Waals surface area contributed by atoms with Gasteiger partial charge >= 0.3 is 12.4 Å². The van der Waals surface area contributed by atoms with Gasteiger partial charge in [-0.15, -0.1) is 0 Å². The van der Waals surface area contributed by atoms with E-state index >= 15 is 0 Å². The van der Waals surface area contributed by atoms with E-state index in [-0.39, 0.29) is 12.6 Å². The van der Waals surface area contributed by atoms with Gasteiger partial charge in [-0.25, -0.2) is 0 Å². The lowest BCUT2D eigenvalue weighted by Gasteiger charge is -2.23. The molecule has 110 valence electrons. The highest BCUT2D eigenvalue weighted by atomic mass is 19.4. The number of nitrogens with one attached hydrogen (secondary N) is 1. The third kappa shape index (κ3) is 6.44.